The molecule has 0 unspecified atom stereocenters. The Morgan fingerprint density at radius 1 is 1.07 bits per heavy atom. The largest absolute Gasteiger partial charge is 0.369 e. The number of carbonyl (C=O) groups is 1. The van der Waals surface area contributed by atoms with Gasteiger partial charge in [0.1, 0.15) is 10.8 Å². The van der Waals surface area contributed by atoms with Crippen LogP contribution in [-0.2, 0) is 4.79 Å². The van der Waals surface area contributed by atoms with Gasteiger partial charge in [0.05, 0.1) is 23.3 Å². The standard InChI is InChI=1S/C32H46ClFN8O/c1-31(2)20-16-23(29(43)35-4)32(3,27(31)17-20)39-28-24(33)19-36-30(38-28)37-21-6-7-26(25(34)18-21)42-10-8-22(9-11-42)41-14-12-40(5)13-15-41/h6-7,18-20,22-23,27H,8-17H2,1-5H3,(H,35,43)(H2,36,37,38,39)/t20-,23-,27-,32+/m1/s1. The van der Waals surface area contributed by atoms with E-state index in [-0.39, 0.29) is 29.0 Å². The minimum absolute atomic E-state index is 0.0304. The molecular formula is C32H46ClFN8O. The highest BCUT2D eigenvalue weighted by Gasteiger charge is 2.64. The first-order valence-corrected chi connectivity index (χ1v) is 16.1. The van der Waals surface area contributed by atoms with Crippen molar-refractivity contribution in [1.82, 2.24) is 25.1 Å². The molecule has 1 amide bonds. The lowest BCUT2D eigenvalue weighted by Gasteiger charge is -2.66. The highest BCUT2D eigenvalue weighted by Crippen LogP contribution is 2.65. The molecule has 1 aromatic heterocycles. The molecule has 2 saturated heterocycles. The third-order valence-corrected chi connectivity index (χ3v) is 11.5. The Labute approximate surface area is 259 Å². The van der Waals surface area contributed by atoms with Gasteiger partial charge in [0.2, 0.25) is 11.9 Å². The maximum atomic E-state index is 15.4. The molecule has 9 nitrogen and oxygen atoms in total. The average Bonchev–Trinajstić information content (AvgIpc) is 2.99. The molecule has 3 N–H and O–H groups in total. The van der Waals surface area contributed by atoms with Crippen molar-refractivity contribution in [2.24, 2.45) is 23.2 Å². The van der Waals surface area contributed by atoms with Crippen LogP contribution in [0.4, 0.5) is 27.5 Å². The fraction of sp³-hybridized carbons (Fsp3) is 0.656. The number of carbonyl (C=O) groups excluding carboxylic acids is 1. The first kappa shape index (κ1) is 30.3. The van der Waals surface area contributed by atoms with E-state index in [4.69, 9.17) is 11.6 Å². The summed E-state index contributed by atoms with van der Waals surface area (Å²) in [5.74, 6) is 1.16. The molecule has 4 atom stereocenters. The van der Waals surface area contributed by atoms with Gasteiger partial charge in [-0.3, -0.25) is 9.69 Å². The van der Waals surface area contributed by atoms with Crippen molar-refractivity contribution in [3.8, 4) is 0 Å². The maximum absolute atomic E-state index is 15.4. The van der Waals surface area contributed by atoms with Crippen LogP contribution in [0.1, 0.15) is 46.5 Å². The van der Waals surface area contributed by atoms with Crippen LogP contribution >= 0.6 is 11.6 Å². The monoisotopic (exact) mass is 612 g/mol. The normalized spacial score (nSPS) is 29.6. The molecule has 234 valence electrons. The molecule has 3 heterocycles. The van der Waals surface area contributed by atoms with Crippen molar-refractivity contribution in [2.45, 2.75) is 58.0 Å². The number of hydrogen-bond acceptors (Lipinski definition) is 8. The Morgan fingerprint density at radius 3 is 2.44 bits per heavy atom. The number of amides is 1. The second kappa shape index (κ2) is 11.7. The number of nitrogens with zero attached hydrogens (tertiary/aromatic N) is 5. The van der Waals surface area contributed by atoms with Crippen LogP contribution in [0.2, 0.25) is 5.02 Å². The Bertz CT molecular complexity index is 1340. The van der Waals surface area contributed by atoms with Gasteiger partial charge in [-0.2, -0.15) is 4.98 Å². The van der Waals surface area contributed by atoms with E-state index in [9.17, 15) is 4.79 Å². The summed E-state index contributed by atoms with van der Waals surface area (Å²) in [7, 11) is 3.87. The molecule has 2 bridgehead atoms. The quantitative estimate of drug-likeness (QED) is 0.410. The lowest BCUT2D eigenvalue weighted by molar-refractivity contribution is -0.155. The third kappa shape index (κ3) is 5.66. The first-order chi connectivity index (χ1) is 20.5. The first-order valence-electron chi connectivity index (χ1n) is 15.8. The number of fused-ring (bicyclic) bond motifs is 2. The number of halogens is 2. The summed E-state index contributed by atoms with van der Waals surface area (Å²) in [6, 6.07) is 5.80. The number of likely N-dealkylation sites (N-methyl/N-ethyl adjacent to an activating group) is 1. The molecular weight excluding hydrogens is 567 g/mol. The van der Waals surface area contributed by atoms with Crippen molar-refractivity contribution in [3.63, 3.8) is 0 Å². The summed E-state index contributed by atoms with van der Waals surface area (Å²) in [5.41, 5.74) is 0.788. The van der Waals surface area contributed by atoms with Crippen LogP contribution in [-0.4, -0.2) is 90.6 Å². The number of anilines is 4. The lowest BCUT2D eigenvalue weighted by atomic mass is 9.40. The van der Waals surface area contributed by atoms with E-state index in [1.807, 2.05) is 12.1 Å². The van der Waals surface area contributed by atoms with Crippen molar-refractivity contribution in [2.75, 3.05) is 68.9 Å². The summed E-state index contributed by atoms with van der Waals surface area (Å²) in [6.45, 7) is 12.9. The topological polar surface area (TPSA) is 88.7 Å². The van der Waals surface area contributed by atoms with Gasteiger partial charge in [-0.1, -0.05) is 25.4 Å². The predicted octanol–water partition coefficient (Wildman–Crippen LogP) is 4.83. The maximum Gasteiger partial charge on any atom is 0.229 e. The number of piperazine rings is 1. The Balaban J connectivity index is 1.13. The van der Waals surface area contributed by atoms with Crippen molar-refractivity contribution in [3.05, 3.63) is 35.2 Å². The second-order valence-corrected chi connectivity index (χ2v) is 14.3. The second-order valence-electron chi connectivity index (χ2n) is 13.9. The summed E-state index contributed by atoms with van der Waals surface area (Å²) >= 11 is 6.58. The van der Waals surface area contributed by atoms with Crippen LogP contribution in [0.3, 0.4) is 0 Å². The highest BCUT2D eigenvalue weighted by molar-refractivity contribution is 6.32. The van der Waals surface area contributed by atoms with Crippen LogP contribution < -0.4 is 20.9 Å². The van der Waals surface area contributed by atoms with Crippen molar-refractivity contribution < 1.29 is 9.18 Å². The molecule has 11 heteroatoms. The molecule has 5 aliphatic rings. The van der Waals surface area contributed by atoms with E-state index < -0.39 is 5.54 Å². The number of hydrogen-bond donors (Lipinski definition) is 3. The zero-order chi connectivity index (χ0) is 30.5. The van der Waals surface area contributed by atoms with Crippen LogP contribution in [0, 0.1) is 29.0 Å². The average molecular weight is 613 g/mol. The van der Waals surface area contributed by atoms with Gasteiger partial charge < -0.3 is 25.8 Å². The molecule has 3 aliphatic carbocycles. The predicted molar refractivity (Wildman–Crippen MR) is 171 cm³/mol. The molecule has 1 aromatic carbocycles. The summed E-state index contributed by atoms with van der Waals surface area (Å²) in [6.07, 6.45) is 5.53. The smallest absolute Gasteiger partial charge is 0.229 e. The summed E-state index contributed by atoms with van der Waals surface area (Å²) < 4.78 is 15.4. The van der Waals surface area contributed by atoms with E-state index in [1.165, 1.54) is 6.07 Å². The number of nitrogens with one attached hydrogen (secondary N) is 3. The molecule has 7 rings (SSSR count). The van der Waals surface area contributed by atoms with Crippen LogP contribution in [0.5, 0.6) is 0 Å². The highest BCUT2D eigenvalue weighted by atomic mass is 35.5. The number of rotatable bonds is 7. The van der Waals surface area contributed by atoms with Crippen LogP contribution in [0.25, 0.3) is 0 Å². The SMILES string of the molecule is CNC(=O)[C@H]1C[C@@H]2C[C@H](C2(C)C)[C@@]1(C)Nc1nc(Nc2ccc(N3CCC(N4CCN(C)CC4)CC3)c(F)c2)ncc1Cl. The van der Waals surface area contributed by atoms with Gasteiger partial charge in [0.25, 0.3) is 0 Å². The lowest BCUT2D eigenvalue weighted by Crippen LogP contribution is -2.69. The van der Waals surface area contributed by atoms with E-state index in [2.05, 4.69) is 68.4 Å². The Hall–Kier alpha value is -2.69. The minimum atomic E-state index is -0.529. The minimum Gasteiger partial charge on any atom is -0.369 e. The summed E-state index contributed by atoms with van der Waals surface area (Å²) in [5, 5.41) is 9.97. The van der Waals surface area contributed by atoms with Gasteiger partial charge >= 0.3 is 0 Å². The van der Waals surface area contributed by atoms with Gasteiger partial charge in [0.15, 0.2) is 5.82 Å². The number of aromatic nitrogens is 2. The van der Waals surface area contributed by atoms with Crippen LogP contribution in [0.15, 0.2) is 24.4 Å². The molecule has 2 aliphatic heterocycles. The molecule has 0 spiro atoms. The Morgan fingerprint density at radius 2 is 1.79 bits per heavy atom. The number of piperidine rings is 1. The zero-order valence-corrected chi connectivity index (χ0v) is 26.8. The van der Waals surface area contributed by atoms with E-state index in [0.717, 1.165) is 65.0 Å². The molecule has 43 heavy (non-hydrogen) atoms. The fourth-order valence-corrected chi connectivity index (χ4v) is 8.47. The van der Waals surface area contributed by atoms with Gasteiger partial charge in [0, 0.05) is 58.0 Å². The molecule has 0 radical (unpaired) electrons. The third-order valence-electron chi connectivity index (χ3n) is 11.2. The fourth-order valence-electron chi connectivity index (χ4n) is 8.33. The van der Waals surface area contributed by atoms with Gasteiger partial charge in [-0.05, 0) is 75.1 Å². The van der Waals surface area contributed by atoms with Crippen molar-refractivity contribution in [1.29, 1.82) is 0 Å². The molecule has 3 saturated carbocycles. The van der Waals surface area contributed by atoms with E-state index in [1.54, 1.807) is 13.2 Å². The van der Waals surface area contributed by atoms with Crippen molar-refractivity contribution >= 4 is 40.6 Å². The van der Waals surface area contributed by atoms with Gasteiger partial charge in [-0.15, -0.1) is 0 Å². The van der Waals surface area contributed by atoms with E-state index in [0.29, 0.717) is 40.1 Å². The number of benzene rings is 1. The van der Waals surface area contributed by atoms with Gasteiger partial charge in [-0.25, -0.2) is 9.37 Å². The Kier molecular flexibility index (Phi) is 8.23. The molecule has 2 aromatic rings. The zero-order valence-electron chi connectivity index (χ0n) is 26.1. The summed E-state index contributed by atoms with van der Waals surface area (Å²) in [4.78, 5) is 29.1. The van der Waals surface area contributed by atoms with E-state index >= 15 is 4.39 Å². The molecule has 5 fully saturated rings.